The number of nitrogens with one attached hydrogen (secondary N) is 1. The van der Waals surface area contributed by atoms with Crippen molar-refractivity contribution in [2.45, 2.75) is 12.8 Å². The van der Waals surface area contributed by atoms with Gasteiger partial charge in [0, 0.05) is 28.5 Å². The van der Waals surface area contributed by atoms with Crippen LogP contribution in [0.3, 0.4) is 0 Å². The van der Waals surface area contributed by atoms with Gasteiger partial charge in [-0.3, -0.25) is 5.41 Å². The monoisotopic (exact) mass is 477 g/mol. The van der Waals surface area contributed by atoms with E-state index in [0.717, 1.165) is 16.7 Å². The lowest BCUT2D eigenvalue weighted by Crippen LogP contribution is -2.38. The average molecular weight is 478 g/mol. The van der Waals surface area contributed by atoms with E-state index >= 15 is 0 Å². The molecule has 0 unspecified atom stereocenters. The molecule has 2 aliphatic heterocycles. The summed E-state index contributed by atoms with van der Waals surface area (Å²) < 4.78 is 31.4. The Morgan fingerprint density at radius 1 is 1.29 bits per heavy atom. The van der Waals surface area contributed by atoms with E-state index in [-0.39, 0.29) is 23.0 Å². The van der Waals surface area contributed by atoms with Gasteiger partial charge in [0.2, 0.25) is 5.88 Å². The molecule has 1 aromatic heterocycles. The van der Waals surface area contributed by atoms with E-state index < -0.39 is 11.8 Å². The van der Waals surface area contributed by atoms with E-state index in [2.05, 4.69) is 23.7 Å². The molecule has 0 saturated carbocycles. The second-order valence-electron chi connectivity index (χ2n) is 8.61. The number of fused-ring (bicyclic) bond motifs is 2. The van der Waals surface area contributed by atoms with Gasteiger partial charge in [-0.25, -0.2) is 9.37 Å². The molecule has 6 nitrogen and oxygen atoms in total. The zero-order valence-corrected chi connectivity index (χ0v) is 19.1. The molecular formula is C26H21ClFN3O3. The highest BCUT2D eigenvalue weighted by Crippen LogP contribution is 2.45. The molecular weight excluding hydrogens is 457 g/mol. The van der Waals surface area contributed by atoms with E-state index in [0.29, 0.717) is 36.0 Å². The van der Waals surface area contributed by atoms with Crippen molar-refractivity contribution >= 4 is 17.6 Å². The Kier molecular flexibility index (Phi) is 5.64. The molecule has 172 valence electrons. The fourth-order valence-corrected chi connectivity index (χ4v) is 4.18. The summed E-state index contributed by atoms with van der Waals surface area (Å²) >= 11 is 5.99. The number of halogens is 2. The quantitative estimate of drug-likeness (QED) is 0.312. The summed E-state index contributed by atoms with van der Waals surface area (Å²) in [6.45, 7) is 3.35. The number of nitrogens with two attached hydrogens (primary N) is 1. The van der Waals surface area contributed by atoms with Gasteiger partial charge in [-0.15, -0.1) is 0 Å². The number of hydrogen-bond acceptors (Lipinski definition) is 5. The van der Waals surface area contributed by atoms with Crippen molar-refractivity contribution in [2.75, 3.05) is 19.8 Å². The van der Waals surface area contributed by atoms with Gasteiger partial charge < -0.3 is 19.9 Å². The topological polar surface area (TPSA) is 90.5 Å². The smallest absolute Gasteiger partial charge is 0.279 e. The van der Waals surface area contributed by atoms with E-state index in [4.69, 9.17) is 37.0 Å². The number of pyridine rings is 1. The van der Waals surface area contributed by atoms with Crippen molar-refractivity contribution in [1.29, 1.82) is 5.41 Å². The molecule has 8 heteroatoms. The Morgan fingerprint density at radius 3 is 2.85 bits per heavy atom. The molecule has 0 spiro atoms. The van der Waals surface area contributed by atoms with Gasteiger partial charge in [-0.2, -0.15) is 0 Å². The Labute approximate surface area is 201 Å². The van der Waals surface area contributed by atoms with E-state index in [1.165, 1.54) is 6.07 Å². The first-order valence-corrected chi connectivity index (χ1v) is 11.0. The summed E-state index contributed by atoms with van der Waals surface area (Å²) in [6.07, 6.45) is 1.66. The Bertz CT molecular complexity index is 1360. The third kappa shape index (κ3) is 4.18. The van der Waals surface area contributed by atoms with Crippen LogP contribution >= 0.6 is 11.6 Å². The summed E-state index contributed by atoms with van der Waals surface area (Å²) in [5.74, 6) is 6.57. The van der Waals surface area contributed by atoms with Gasteiger partial charge in [0.25, 0.3) is 6.02 Å². The second kappa shape index (κ2) is 8.64. The minimum Gasteiger partial charge on any atom is -0.465 e. The van der Waals surface area contributed by atoms with Crippen LogP contribution in [-0.2, 0) is 9.47 Å². The molecule has 5 rings (SSSR count). The summed E-state index contributed by atoms with van der Waals surface area (Å²) in [5.41, 5.74) is 8.56. The predicted octanol–water partition coefficient (Wildman–Crippen LogP) is 5.08. The van der Waals surface area contributed by atoms with Crippen LogP contribution < -0.4 is 10.5 Å². The number of benzene rings is 2. The molecule has 3 N–H and O–H groups in total. The standard InChI is InChI=1S/C26H21ClFN3O3/c1-26(13-32-14-26)8-7-15-9-19-20(12-33-25(29)30)18-10-16(17-3-2-4-21(27)23(17)28)5-6-22(18)34-24(19)31-11-15/h2-6,9-11,20H,12-14H2,1H3,(H3,29,30)/t20-/m1/s1. The zero-order valence-electron chi connectivity index (χ0n) is 18.3. The van der Waals surface area contributed by atoms with Crippen LogP contribution in [0.5, 0.6) is 11.6 Å². The highest BCUT2D eigenvalue weighted by atomic mass is 35.5. The summed E-state index contributed by atoms with van der Waals surface area (Å²) in [5, 5.41) is 7.57. The van der Waals surface area contributed by atoms with Gasteiger partial charge in [-0.05, 0) is 36.8 Å². The molecule has 0 radical (unpaired) electrons. The van der Waals surface area contributed by atoms with Crippen LogP contribution in [0.25, 0.3) is 11.1 Å². The first-order valence-electron chi connectivity index (χ1n) is 10.7. The Balaban J connectivity index is 1.57. The minimum atomic E-state index is -0.495. The number of rotatable bonds is 3. The lowest BCUT2D eigenvalue weighted by atomic mass is 9.87. The number of amidine groups is 1. The molecule has 3 aromatic rings. The van der Waals surface area contributed by atoms with Crippen LogP contribution in [0.2, 0.25) is 5.02 Å². The van der Waals surface area contributed by atoms with Crippen molar-refractivity contribution in [2.24, 2.45) is 11.1 Å². The number of nitrogens with zero attached hydrogens (tertiary/aromatic N) is 1. The van der Waals surface area contributed by atoms with Crippen molar-refractivity contribution < 1.29 is 18.6 Å². The van der Waals surface area contributed by atoms with Gasteiger partial charge in [0.15, 0.2) is 0 Å². The number of aromatic nitrogens is 1. The van der Waals surface area contributed by atoms with E-state index in [1.54, 1.807) is 30.5 Å². The van der Waals surface area contributed by atoms with Gasteiger partial charge in [-0.1, -0.05) is 41.6 Å². The maximum atomic E-state index is 14.7. The Morgan fingerprint density at radius 2 is 2.12 bits per heavy atom. The maximum Gasteiger partial charge on any atom is 0.279 e. The third-order valence-corrected chi connectivity index (χ3v) is 6.16. The number of hydrogen-bond donors (Lipinski definition) is 2. The minimum absolute atomic E-state index is 0.0475. The van der Waals surface area contributed by atoms with E-state index in [9.17, 15) is 4.39 Å². The van der Waals surface area contributed by atoms with Crippen LogP contribution in [-0.4, -0.2) is 30.8 Å². The highest BCUT2D eigenvalue weighted by Gasteiger charge is 2.32. The predicted molar refractivity (Wildman–Crippen MR) is 127 cm³/mol. The first kappa shape index (κ1) is 22.2. The van der Waals surface area contributed by atoms with Crippen LogP contribution in [0, 0.1) is 28.5 Å². The largest absolute Gasteiger partial charge is 0.465 e. The molecule has 1 fully saturated rings. The SMILES string of the molecule is CC1(C#Cc2cnc3c(c2)[C@H](COC(=N)N)c2cc(-c4cccc(Cl)c4F)ccc2O3)COC1. The maximum absolute atomic E-state index is 14.7. The molecule has 1 saturated heterocycles. The number of ether oxygens (including phenoxy) is 3. The molecule has 0 aliphatic carbocycles. The second-order valence-corrected chi connectivity index (χ2v) is 9.01. The van der Waals surface area contributed by atoms with Gasteiger partial charge in [0.05, 0.1) is 29.6 Å². The lowest BCUT2D eigenvalue weighted by molar-refractivity contribution is -0.0648. The van der Waals surface area contributed by atoms with Crippen molar-refractivity contribution in [3.8, 4) is 34.6 Å². The van der Waals surface area contributed by atoms with Crippen LogP contribution in [0.1, 0.15) is 29.5 Å². The normalized spacial score (nSPS) is 17.2. The zero-order chi connectivity index (χ0) is 23.9. The lowest BCUT2D eigenvalue weighted by Gasteiger charge is -2.32. The van der Waals surface area contributed by atoms with Gasteiger partial charge >= 0.3 is 0 Å². The van der Waals surface area contributed by atoms with E-state index in [1.807, 2.05) is 12.1 Å². The molecule has 1 atom stereocenters. The van der Waals surface area contributed by atoms with Crippen LogP contribution in [0.4, 0.5) is 4.39 Å². The summed E-state index contributed by atoms with van der Waals surface area (Å²) in [4.78, 5) is 4.47. The fraction of sp³-hybridized carbons (Fsp3) is 0.231. The van der Waals surface area contributed by atoms with Gasteiger partial charge in [0.1, 0.15) is 18.2 Å². The van der Waals surface area contributed by atoms with Crippen molar-refractivity contribution in [3.05, 3.63) is 76.2 Å². The third-order valence-electron chi connectivity index (χ3n) is 5.86. The summed E-state index contributed by atoms with van der Waals surface area (Å²) in [7, 11) is 0. The molecule has 0 amide bonds. The highest BCUT2D eigenvalue weighted by molar-refractivity contribution is 6.31. The molecule has 0 bridgehead atoms. The van der Waals surface area contributed by atoms with Crippen molar-refractivity contribution in [3.63, 3.8) is 0 Å². The molecule has 3 heterocycles. The molecule has 34 heavy (non-hydrogen) atoms. The summed E-state index contributed by atoms with van der Waals surface area (Å²) in [6, 6.07) is 11.8. The van der Waals surface area contributed by atoms with Crippen molar-refractivity contribution in [1.82, 2.24) is 4.98 Å². The van der Waals surface area contributed by atoms with Crippen LogP contribution in [0.15, 0.2) is 48.7 Å². The molecule has 2 aromatic carbocycles. The first-order chi connectivity index (χ1) is 16.3. The average Bonchev–Trinajstić information content (AvgIpc) is 2.80. The fourth-order valence-electron chi connectivity index (χ4n) is 4.01. The molecule has 2 aliphatic rings. The Hall–Kier alpha value is -3.60.